The molecule has 0 bridgehead atoms. The van der Waals surface area contributed by atoms with Gasteiger partial charge in [0, 0.05) is 5.56 Å². The molecule has 0 spiro atoms. The Morgan fingerprint density at radius 2 is 1.79 bits per heavy atom. The van der Waals surface area contributed by atoms with Crippen molar-refractivity contribution in [3.63, 3.8) is 0 Å². The lowest BCUT2D eigenvalue weighted by molar-refractivity contribution is 0.269. The maximum Gasteiger partial charge on any atom is 0.157 e. The highest BCUT2D eigenvalue weighted by molar-refractivity contribution is 7.91. The highest BCUT2D eigenvalue weighted by Gasteiger charge is 2.42. The van der Waals surface area contributed by atoms with E-state index in [-0.39, 0.29) is 11.6 Å². The van der Waals surface area contributed by atoms with Crippen LogP contribution < -0.4 is 5.32 Å². The molecule has 1 N–H and O–H groups in total. The molecule has 0 amide bonds. The van der Waals surface area contributed by atoms with Crippen molar-refractivity contribution in [3.05, 3.63) is 65.7 Å². The molecule has 0 saturated carbocycles. The van der Waals surface area contributed by atoms with Crippen LogP contribution in [0.1, 0.15) is 50.8 Å². The summed E-state index contributed by atoms with van der Waals surface area (Å²) in [5.41, 5.74) is 2.30. The zero-order chi connectivity index (χ0) is 17.2. The van der Waals surface area contributed by atoms with E-state index in [4.69, 9.17) is 0 Å². The van der Waals surface area contributed by atoms with Crippen LogP contribution in [0, 0.1) is 5.92 Å². The van der Waals surface area contributed by atoms with Crippen LogP contribution in [0.3, 0.4) is 0 Å². The summed E-state index contributed by atoms with van der Waals surface area (Å²) in [4.78, 5) is 0.984. The predicted molar refractivity (Wildman–Crippen MR) is 102 cm³/mol. The topological polar surface area (TPSA) is 35.1 Å². The number of rotatable bonds is 4. The second-order valence-electron chi connectivity index (χ2n) is 7.25. The Hall–Kier alpha value is -1.29. The van der Waals surface area contributed by atoms with Crippen molar-refractivity contribution in [1.82, 2.24) is 5.32 Å². The minimum atomic E-state index is -0.975. The molecule has 2 aromatic rings. The van der Waals surface area contributed by atoms with Gasteiger partial charge in [0.25, 0.3) is 0 Å². The predicted octanol–water partition coefficient (Wildman–Crippen LogP) is 4.68. The van der Waals surface area contributed by atoms with Crippen molar-refractivity contribution in [2.75, 3.05) is 5.75 Å². The van der Waals surface area contributed by atoms with Gasteiger partial charge in [0.05, 0.1) is 11.6 Å². The van der Waals surface area contributed by atoms with Gasteiger partial charge in [-0.15, -0.1) is 0 Å². The van der Waals surface area contributed by atoms with Crippen LogP contribution in [0.2, 0.25) is 0 Å². The fourth-order valence-electron chi connectivity index (χ4n) is 3.84. The first-order valence-electron chi connectivity index (χ1n) is 8.84. The van der Waals surface area contributed by atoms with E-state index < -0.39 is 11.2 Å². The van der Waals surface area contributed by atoms with Crippen LogP contribution in [0.15, 0.2) is 59.5 Å². The van der Waals surface area contributed by atoms with E-state index in [0.717, 1.165) is 23.3 Å². The average Bonchev–Trinajstić information content (AvgIpc) is 2.71. The summed E-state index contributed by atoms with van der Waals surface area (Å²) < 4.78 is 13.1. The largest absolute Gasteiger partial charge is 0.611 e. The van der Waals surface area contributed by atoms with Crippen molar-refractivity contribution in [2.24, 2.45) is 5.92 Å². The van der Waals surface area contributed by atoms with Gasteiger partial charge in [-0.3, -0.25) is 5.32 Å². The molecular formula is C21H27NOS. The number of hydrogen-bond donors (Lipinski definition) is 1. The van der Waals surface area contributed by atoms with Crippen LogP contribution in [-0.2, 0) is 11.2 Å². The summed E-state index contributed by atoms with van der Waals surface area (Å²) in [6, 6.07) is 18.8. The molecule has 0 radical (unpaired) electrons. The second kappa shape index (κ2) is 7.30. The molecule has 2 aromatic carbocycles. The van der Waals surface area contributed by atoms with Gasteiger partial charge in [-0.2, -0.15) is 0 Å². The SMILES string of the molecule is CC[C@]1(CC(C)C)C[S+]([O-])c2ccccc2[C@@H](c2ccccc2)N1. The summed E-state index contributed by atoms with van der Waals surface area (Å²) in [6.45, 7) is 6.71. The summed E-state index contributed by atoms with van der Waals surface area (Å²) in [5.74, 6) is 1.24. The maximum atomic E-state index is 13.1. The number of fused-ring (bicyclic) bond motifs is 1. The smallest absolute Gasteiger partial charge is 0.157 e. The van der Waals surface area contributed by atoms with Crippen molar-refractivity contribution in [3.8, 4) is 0 Å². The highest BCUT2D eigenvalue weighted by Crippen LogP contribution is 2.38. The van der Waals surface area contributed by atoms with Gasteiger partial charge in [-0.1, -0.05) is 69.3 Å². The molecule has 3 rings (SSSR count). The summed E-state index contributed by atoms with van der Waals surface area (Å²) in [5, 5.41) is 3.92. The normalized spacial score (nSPS) is 26.9. The van der Waals surface area contributed by atoms with Gasteiger partial charge in [0.2, 0.25) is 0 Å². The molecule has 0 fully saturated rings. The van der Waals surface area contributed by atoms with Crippen LogP contribution in [0.25, 0.3) is 0 Å². The Morgan fingerprint density at radius 3 is 2.46 bits per heavy atom. The van der Waals surface area contributed by atoms with E-state index in [1.807, 2.05) is 18.2 Å². The van der Waals surface area contributed by atoms with Crippen molar-refractivity contribution in [1.29, 1.82) is 0 Å². The van der Waals surface area contributed by atoms with E-state index in [2.05, 4.69) is 62.5 Å². The molecule has 0 aromatic heterocycles. The van der Waals surface area contributed by atoms with Gasteiger partial charge in [0.15, 0.2) is 4.90 Å². The Morgan fingerprint density at radius 1 is 1.12 bits per heavy atom. The van der Waals surface area contributed by atoms with E-state index in [1.165, 1.54) is 5.56 Å². The fourth-order valence-corrected chi connectivity index (χ4v) is 5.58. The standard InChI is InChI=1S/C21H27NOS/c1-4-21(14-16(2)3)15-24(23)19-13-9-8-12-18(19)20(22-21)17-10-6-5-7-11-17/h5-13,16,20,22H,4,14-15H2,1-3H3/t20-,21+,24?/m1/s1. The Bertz CT molecular complexity index is 673. The van der Waals surface area contributed by atoms with Gasteiger partial charge < -0.3 is 4.55 Å². The molecule has 128 valence electrons. The second-order valence-corrected chi connectivity index (χ2v) is 8.67. The lowest BCUT2D eigenvalue weighted by atomic mass is 9.85. The Kier molecular flexibility index (Phi) is 5.33. The first kappa shape index (κ1) is 17.5. The van der Waals surface area contributed by atoms with Gasteiger partial charge >= 0.3 is 0 Å². The van der Waals surface area contributed by atoms with Gasteiger partial charge in [0.1, 0.15) is 5.75 Å². The average molecular weight is 342 g/mol. The van der Waals surface area contributed by atoms with Crippen molar-refractivity contribution in [2.45, 2.75) is 50.1 Å². The lowest BCUT2D eigenvalue weighted by Crippen LogP contribution is -2.51. The molecule has 24 heavy (non-hydrogen) atoms. The molecule has 1 unspecified atom stereocenters. The first-order chi connectivity index (χ1) is 11.5. The zero-order valence-electron chi connectivity index (χ0n) is 14.8. The Balaban J connectivity index is 2.10. The third-order valence-electron chi connectivity index (χ3n) is 4.94. The monoisotopic (exact) mass is 341 g/mol. The van der Waals surface area contributed by atoms with E-state index >= 15 is 0 Å². The van der Waals surface area contributed by atoms with E-state index in [9.17, 15) is 4.55 Å². The molecule has 1 heterocycles. The lowest BCUT2D eigenvalue weighted by Gasteiger charge is -2.36. The van der Waals surface area contributed by atoms with E-state index in [1.54, 1.807) is 0 Å². The molecule has 0 saturated heterocycles. The van der Waals surface area contributed by atoms with E-state index in [0.29, 0.717) is 11.7 Å². The highest BCUT2D eigenvalue weighted by atomic mass is 32.2. The van der Waals surface area contributed by atoms with Crippen LogP contribution in [0.4, 0.5) is 0 Å². The van der Waals surface area contributed by atoms with Gasteiger partial charge in [-0.05, 0) is 41.6 Å². The third kappa shape index (κ3) is 3.53. The number of nitrogens with one attached hydrogen (secondary N) is 1. The third-order valence-corrected chi connectivity index (χ3v) is 6.62. The molecule has 3 atom stereocenters. The van der Waals surface area contributed by atoms with Crippen LogP contribution >= 0.6 is 0 Å². The maximum absolute atomic E-state index is 13.1. The zero-order valence-corrected chi connectivity index (χ0v) is 15.6. The molecule has 1 aliphatic heterocycles. The molecule has 2 nitrogen and oxygen atoms in total. The molecule has 0 aliphatic carbocycles. The summed E-state index contributed by atoms with van der Waals surface area (Å²) in [7, 11) is 0. The number of benzene rings is 2. The molecule has 3 heteroatoms. The minimum absolute atomic E-state index is 0.0903. The molecular weight excluding hydrogens is 314 g/mol. The van der Waals surface area contributed by atoms with Crippen LogP contribution in [0.5, 0.6) is 0 Å². The quantitative estimate of drug-likeness (QED) is 0.819. The fraction of sp³-hybridized carbons (Fsp3) is 0.429. The van der Waals surface area contributed by atoms with Crippen molar-refractivity contribution < 1.29 is 4.55 Å². The van der Waals surface area contributed by atoms with Gasteiger partial charge in [-0.25, -0.2) is 0 Å². The summed E-state index contributed by atoms with van der Waals surface area (Å²) >= 11 is -0.975. The van der Waals surface area contributed by atoms with Crippen LogP contribution in [-0.4, -0.2) is 15.8 Å². The summed E-state index contributed by atoms with van der Waals surface area (Å²) in [6.07, 6.45) is 2.01. The molecule has 1 aliphatic rings. The number of hydrogen-bond acceptors (Lipinski definition) is 2. The van der Waals surface area contributed by atoms with Crippen molar-refractivity contribution >= 4 is 11.2 Å². The Labute approximate surface area is 148 Å². The first-order valence-corrected chi connectivity index (χ1v) is 10.2. The minimum Gasteiger partial charge on any atom is -0.611 e.